The van der Waals surface area contributed by atoms with Crippen LogP contribution in [0.4, 0.5) is 33.3 Å². The molecule has 0 unspecified atom stereocenters. The number of hydrogen-bond donors (Lipinski definition) is 3. The zero-order valence-electron chi connectivity index (χ0n) is 10.4. The van der Waals surface area contributed by atoms with Gasteiger partial charge in [0.25, 0.3) is 6.43 Å². The van der Waals surface area contributed by atoms with Crippen molar-refractivity contribution < 1.29 is 22.0 Å². The molecule has 0 spiro atoms. The summed E-state index contributed by atoms with van der Waals surface area (Å²) in [4.78, 5) is 0. The summed E-state index contributed by atoms with van der Waals surface area (Å²) in [7, 11) is 1.66. The van der Waals surface area contributed by atoms with E-state index in [0.29, 0.717) is 0 Å². The van der Waals surface area contributed by atoms with Crippen molar-refractivity contribution in [2.24, 2.45) is 0 Å². The number of nitrogens with one attached hydrogen (secondary N) is 3. The van der Waals surface area contributed by atoms with Gasteiger partial charge in [-0.3, -0.25) is 5.41 Å². The predicted octanol–water partition coefficient (Wildman–Crippen LogP) is 3.87. The van der Waals surface area contributed by atoms with Gasteiger partial charge in [0.1, 0.15) is 5.71 Å². The van der Waals surface area contributed by atoms with E-state index in [4.69, 9.17) is 5.41 Å². The SMILES string of the molecule is CNc1ccc(N/C(=C\C(=N)C(F)(F)F)C(F)F)cc1. The van der Waals surface area contributed by atoms with E-state index in [2.05, 4.69) is 10.6 Å². The molecule has 0 heterocycles. The van der Waals surface area contributed by atoms with Gasteiger partial charge in [-0.05, 0) is 30.3 Å². The Kier molecular flexibility index (Phi) is 5.06. The van der Waals surface area contributed by atoms with Gasteiger partial charge in [-0.15, -0.1) is 0 Å². The summed E-state index contributed by atoms with van der Waals surface area (Å²) in [6.45, 7) is 0. The second-order valence-corrected chi connectivity index (χ2v) is 3.76. The third-order valence-corrected chi connectivity index (χ3v) is 2.30. The van der Waals surface area contributed by atoms with E-state index in [1.807, 2.05) is 0 Å². The fourth-order valence-electron chi connectivity index (χ4n) is 1.28. The van der Waals surface area contributed by atoms with Crippen molar-refractivity contribution in [1.82, 2.24) is 0 Å². The van der Waals surface area contributed by atoms with Crippen molar-refractivity contribution in [3.63, 3.8) is 0 Å². The van der Waals surface area contributed by atoms with Crippen molar-refractivity contribution in [3.05, 3.63) is 36.0 Å². The fourth-order valence-corrected chi connectivity index (χ4v) is 1.28. The van der Waals surface area contributed by atoms with E-state index in [1.165, 1.54) is 12.1 Å². The standard InChI is InChI=1S/C12H12F5N3/c1-19-7-2-4-8(5-3-7)20-9(11(13)14)6-10(18)12(15,16)17/h2-6,11,18-20H,1H3/b9-6-,18-10?. The van der Waals surface area contributed by atoms with Gasteiger partial charge >= 0.3 is 6.18 Å². The van der Waals surface area contributed by atoms with Crippen LogP contribution in [0.15, 0.2) is 36.0 Å². The molecule has 3 N–H and O–H groups in total. The highest BCUT2D eigenvalue weighted by Crippen LogP contribution is 2.21. The second-order valence-electron chi connectivity index (χ2n) is 3.76. The Morgan fingerprint density at radius 3 is 2.05 bits per heavy atom. The minimum absolute atomic E-state index is 0.0800. The molecule has 3 nitrogen and oxygen atoms in total. The van der Waals surface area contributed by atoms with E-state index in [1.54, 1.807) is 19.2 Å². The fraction of sp³-hybridized carbons (Fsp3) is 0.250. The average molecular weight is 293 g/mol. The number of benzene rings is 1. The summed E-state index contributed by atoms with van der Waals surface area (Å²) >= 11 is 0. The second kappa shape index (κ2) is 6.36. The topological polar surface area (TPSA) is 47.9 Å². The zero-order chi connectivity index (χ0) is 15.3. The lowest BCUT2D eigenvalue weighted by Gasteiger charge is -2.12. The molecule has 0 aliphatic heterocycles. The maximum Gasteiger partial charge on any atom is 0.432 e. The molecular formula is C12H12F5N3. The molecule has 8 heteroatoms. The molecule has 0 aromatic heterocycles. The van der Waals surface area contributed by atoms with E-state index >= 15 is 0 Å². The minimum Gasteiger partial charge on any atom is -0.388 e. The predicted molar refractivity (Wildman–Crippen MR) is 67.5 cm³/mol. The molecule has 1 rings (SSSR count). The minimum atomic E-state index is -4.96. The lowest BCUT2D eigenvalue weighted by molar-refractivity contribution is -0.0584. The Bertz CT molecular complexity index is 491. The number of rotatable bonds is 5. The first-order chi connectivity index (χ1) is 9.24. The third-order valence-electron chi connectivity index (χ3n) is 2.30. The molecule has 1 aromatic carbocycles. The molecular weight excluding hydrogens is 281 g/mol. The Balaban J connectivity index is 2.92. The van der Waals surface area contributed by atoms with Crippen LogP contribution in [0, 0.1) is 5.41 Å². The molecule has 0 radical (unpaired) electrons. The molecule has 0 atom stereocenters. The molecule has 0 aliphatic rings. The largest absolute Gasteiger partial charge is 0.432 e. The van der Waals surface area contributed by atoms with E-state index in [9.17, 15) is 22.0 Å². The average Bonchev–Trinajstić information content (AvgIpc) is 2.37. The number of allylic oxidation sites excluding steroid dienone is 2. The van der Waals surface area contributed by atoms with Crippen LogP contribution in [-0.2, 0) is 0 Å². The van der Waals surface area contributed by atoms with E-state index in [0.717, 1.165) is 5.69 Å². The molecule has 1 aromatic rings. The number of hydrogen-bond acceptors (Lipinski definition) is 3. The summed E-state index contributed by atoms with van der Waals surface area (Å²) in [5.41, 5.74) is -1.90. The Hall–Kier alpha value is -2.12. The molecule has 0 bridgehead atoms. The first-order valence-corrected chi connectivity index (χ1v) is 5.44. The van der Waals surface area contributed by atoms with Crippen LogP contribution in [0.5, 0.6) is 0 Å². The van der Waals surface area contributed by atoms with E-state index < -0.39 is 24.0 Å². The summed E-state index contributed by atoms with van der Waals surface area (Å²) in [5.74, 6) is 0. The summed E-state index contributed by atoms with van der Waals surface area (Å²) < 4.78 is 61.8. The van der Waals surface area contributed by atoms with Gasteiger partial charge in [0.2, 0.25) is 0 Å². The monoisotopic (exact) mass is 293 g/mol. The van der Waals surface area contributed by atoms with Crippen LogP contribution in [0.25, 0.3) is 0 Å². The van der Waals surface area contributed by atoms with Crippen LogP contribution in [0.1, 0.15) is 0 Å². The van der Waals surface area contributed by atoms with Gasteiger partial charge in [-0.25, -0.2) is 8.78 Å². The van der Waals surface area contributed by atoms with Crippen molar-refractivity contribution in [2.45, 2.75) is 12.6 Å². The first kappa shape index (κ1) is 15.9. The molecule has 0 saturated carbocycles. The molecule has 0 aliphatic carbocycles. The van der Waals surface area contributed by atoms with E-state index in [-0.39, 0.29) is 11.8 Å². The third kappa shape index (κ3) is 4.52. The van der Waals surface area contributed by atoms with Crippen LogP contribution in [-0.4, -0.2) is 25.4 Å². The van der Waals surface area contributed by atoms with Gasteiger partial charge in [0, 0.05) is 18.4 Å². The van der Waals surface area contributed by atoms with Crippen molar-refractivity contribution in [2.75, 3.05) is 17.7 Å². The highest BCUT2D eigenvalue weighted by atomic mass is 19.4. The van der Waals surface area contributed by atoms with Gasteiger partial charge in [0.15, 0.2) is 0 Å². The summed E-state index contributed by atoms with van der Waals surface area (Å²) in [5, 5.41) is 11.7. The first-order valence-electron chi connectivity index (χ1n) is 5.44. The normalized spacial score (nSPS) is 12.4. The van der Waals surface area contributed by atoms with Crippen molar-refractivity contribution in [1.29, 1.82) is 5.41 Å². The smallest absolute Gasteiger partial charge is 0.388 e. The maximum absolute atomic E-state index is 12.7. The lowest BCUT2D eigenvalue weighted by Crippen LogP contribution is -2.22. The number of halogens is 5. The molecule has 110 valence electrons. The highest BCUT2D eigenvalue weighted by molar-refractivity contribution is 5.97. The molecule has 0 saturated heterocycles. The summed E-state index contributed by atoms with van der Waals surface area (Å²) in [6, 6.07) is 6.00. The highest BCUT2D eigenvalue weighted by Gasteiger charge is 2.33. The maximum atomic E-state index is 12.7. The van der Waals surface area contributed by atoms with Crippen LogP contribution in [0.2, 0.25) is 0 Å². The Morgan fingerprint density at radius 2 is 1.65 bits per heavy atom. The zero-order valence-corrected chi connectivity index (χ0v) is 10.4. The quantitative estimate of drug-likeness (QED) is 0.570. The number of alkyl halides is 5. The van der Waals surface area contributed by atoms with Gasteiger partial charge < -0.3 is 10.6 Å². The summed E-state index contributed by atoms with van der Waals surface area (Å²) in [6.07, 6.45) is -8.03. The van der Waals surface area contributed by atoms with Crippen molar-refractivity contribution in [3.8, 4) is 0 Å². The van der Waals surface area contributed by atoms with Crippen LogP contribution < -0.4 is 10.6 Å². The molecule has 0 amide bonds. The lowest BCUT2D eigenvalue weighted by atomic mass is 10.2. The number of anilines is 2. The molecule has 20 heavy (non-hydrogen) atoms. The van der Waals surface area contributed by atoms with Crippen LogP contribution >= 0.6 is 0 Å². The van der Waals surface area contributed by atoms with Crippen LogP contribution in [0.3, 0.4) is 0 Å². The van der Waals surface area contributed by atoms with Gasteiger partial charge in [-0.2, -0.15) is 13.2 Å². The molecule has 0 fully saturated rings. The van der Waals surface area contributed by atoms with Gasteiger partial charge in [0.05, 0.1) is 5.70 Å². The van der Waals surface area contributed by atoms with Gasteiger partial charge in [-0.1, -0.05) is 0 Å². The van der Waals surface area contributed by atoms with Crippen molar-refractivity contribution >= 4 is 17.1 Å². The Labute approximate surface area is 112 Å². The Morgan fingerprint density at radius 1 is 1.15 bits per heavy atom.